The van der Waals surface area contributed by atoms with Crippen LogP contribution >= 0.6 is 59.1 Å². The van der Waals surface area contributed by atoms with Crippen molar-refractivity contribution >= 4 is 64.8 Å². The average molecular weight is 469 g/mol. The molecule has 1 atom stereocenters. The number of halogens is 3. The number of benzene rings is 1. The van der Waals surface area contributed by atoms with Crippen molar-refractivity contribution in [2.75, 3.05) is 5.32 Å². The summed E-state index contributed by atoms with van der Waals surface area (Å²) < 4.78 is 3.09. The lowest BCUT2D eigenvalue weighted by molar-refractivity contribution is 0.887. The number of hydrogen-bond donors (Lipinski definition) is 1. The van der Waals surface area contributed by atoms with E-state index in [1.165, 1.54) is 4.88 Å². The fourth-order valence-corrected chi connectivity index (χ4v) is 5.33. The van der Waals surface area contributed by atoms with Gasteiger partial charge in [0.2, 0.25) is 0 Å². The van der Waals surface area contributed by atoms with Crippen LogP contribution in [0, 0.1) is 13.8 Å². The Labute approximate surface area is 142 Å². The number of aryl methyl sites for hydroxylation is 2. The van der Waals surface area contributed by atoms with Gasteiger partial charge in [-0.2, -0.15) is 0 Å². The van der Waals surface area contributed by atoms with Gasteiger partial charge in [0.25, 0.3) is 0 Å². The van der Waals surface area contributed by atoms with Gasteiger partial charge >= 0.3 is 0 Å². The summed E-state index contributed by atoms with van der Waals surface area (Å²) in [6.07, 6.45) is 0. The Balaban J connectivity index is 2.29. The van der Waals surface area contributed by atoms with Crippen molar-refractivity contribution < 1.29 is 0 Å². The molecule has 102 valence electrons. The number of rotatable bonds is 3. The van der Waals surface area contributed by atoms with Crippen molar-refractivity contribution in [2.24, 2.45) is 0 Å². The third-order valence-corrected chi connectivity index (χ3v) is 5.66. The van der Waals surface area contributed by atoms with E-state index in [9.17, 15) is 0 Å². The molecule has 0 aliphatic rings. The SMILES string of the molecule is Cc1nc(C)c(C(C)Nc2c(Br)cc(Br)cc2Br)s1. The summed E-state index contributed by atoms with van der Waals surface area (Å²) in [6.45, 7) is 6.25. The predicted octanol–water partition coefficient (Wildman–Crippen LogP) is 6.22. The van der Waals surface area contributed by atoms with Gasteiger partial charge in [-0.15, -0.1) is 11.3 Å². The second-order valence-electron chi connectivity index (χ2n) is 4.29. The molecule has 6 heteroatoms. The van der Waals surface area contributed by atoms with Crippen LogP contribution in [0.15, 0.2) is 25.6 Å². The second-order valence-corrected chi connectivity index (χ2v) is 8.15. The van der Waals surface area contributed by atoms with E-state index in [1.807, 2.05) is 19.1 Å². The molecule has 1 unspecified atom stereocenters. The van der Waals surface area contributed by atoms with Gasteiger partial charge in [-0.25, -0.2) is 4.98 Å². The van der Waals surface area contributed by atoms with Crippen molar-refractivity contribution in [3.05, 3.63) is 41.1 Å². The van der Waals surface area contributed by atoms with E-state index < -0.39 is 0 Å². The summed E-state index contributed by atoms with van der Waals surface area (Å²) in [6, 6.07) is 4.29. The first-order valence-corrected chi connectivity index (χ1v) is 8.93. The maximum Gasteiger partial charge on any atom is 0.0900 e. The van der Waals surface area contributed by atoms with E-state index >= 15 is 0 Å². The number of aromatic nitrogens is 1. The quantitative estimate of drug-likeness (QED) is 0.578. The Bertz CT molecular complexity index is 587. The van der Waals surface area contributed by atoms with E-state index in [2.05, 4.69) is 71.9 Å². The Morgan fingerprint density at radius 3 is 2.21 bits per heavy atom. The zero-order valence-corrected chi connectivity index (χ0v) is 16.3. The Hall–Kier alpha value is 0.0900. The van der Waals surface area contributed by atoms with Crippen molar-refractivity contribution in [2.45, 2.75) is 26.8 Å². The molecule has 0 amide bonds. The van der Waals surface area contributed by atoms with Gasteiger partial charge < -0.3 is 5.32 Å². The highest BCUT2D eigenvalue weighted by Crippen LogP contribution is 2.37. The Morgan fingerprint density at radius 2 is 1.74 bits per heavy atom. The number of nitrogens with zero attached hydrogens (tertiary/aromatic N) is 1. The van der Waals surface area contributed by atoms with Crippen molar-refractivity contribution in [1.82, 2.24) is 4.98 Å². The molecule has 0 fully saturated rings. The van der Waals surface area contributed by atoms with Crippen LogP contribution in [0.5, 0.6) is 0 Å². The van der Waals surface area contributed by atoms with Gasteiger partial charge in [0.05, 0.1) is 22.4 Å². The number of anilines is 1. The molecular formula is C13H13Br3N2S. The Kier molecular flexibility index (Phi) is 5.09. The van der Waals surface area contributed by atoms with Crippen molar-refractivity contribution in [3.63, 3.8) is 0 Å². The van der Waals surface area contributed by atoms with Crippen LogP contribution in [-0.4, -0.2) is 4.98 Å². The van der Waals surface area contributed by atoms with E-state index in [0.717, 1.165) is 29.8 Å². The highest BCUT2D eigenvalue weighted by molar-refractivity contribution is 9.11. The molecule has 0 saturated carbocycles. The standard InChI is InChI=1S/C13H13Br3N2S/c1-6-13(19-8(3)17-6)7(2)18-12-10(15)4-9(14)5-11(12)16/h4-5,7,18H,1-3H3. The van der Waals surface area contributed by atoms with Crippen LogP contribution in [0.25, 0.3) is 0 Å². The van der Waals surface area contributed by atoms with Crippen LogP contribution < -0.4 is 5.32 Å². The highest BCUT2D eigenvalue weighted by atomic mass is 79.9. The minimum absolute atomic E-state index is 0.222. The molecule has 0 spiro atoms. The van der Waals surface area contributed by atoms with Gasteiger partial charge in [0.15, 0.2) is 0 Å². The normalized spacial score (nSPS) is 12.5. The molecule has 19 heavy (non-hydrogen) atoms. The molecule has 2 aromatic rings. The number of nitrogens with one attached hydrogen (secondary N) is 1. The number of thiazole rings is 1. The Morgan fingerprint density at radius 1 is 1.16 bits per heavy atom. The summed E-state index contributed by atoms with van der Waals surface area (Å²) >= 11 is 12.4. The molecule has 2 nitrogen and oxygen atoms in total. The molecule has 1 heterocycles. The van der Waals surface area contributed by atoms with E-state index in [4.69, 9.17) is 0 Å². The van der Waals surface area contributed by atoms with Crippen molar-refractivity contribution in [1.29, 1.82) is 0 Å². The molecule has 0 aliphatic carbocycles. The summed E-state index contributed by atoms with van der Waals surface area (Å²) in [7, 11) is 0. The van der Waals surface area contributed by atoms with E-state index in [0.29, 0.717) is 0 Å². The van der Waals surface area contributed by atoms with Crippen LogP contribution in [0.3, 0.4) is 0 Å². The lowest BCUT2D eigenvalue weighted by Gasteiger charge is -2.17. The van der Waals surface area contributed by atoms with Gasteiger partial charge in [0.1, 0.15) is 0 Å². The lowest BCUT2D eigenvalue weighted by Crippen LogP contribution is -2.07. The zero-order valence-electron chi connectivity index (χ0n) is 10.7. The zero-order chi connectivity index (χ0) is 14.2. The lowest BCUT2D eigenvalue weighted by atomic mass is 10.2. The molecule has 0 radical (unpaired) electrons. The smallest absolute Gasteiger partial charge is 0.0900 e. The largest absolute Gasteiger partial charge is 0.376 e. The molecule has 0 saturated heterocycles. The highest BCUT2D eigenvalue weighted by Gasteiger charge is 2.15. The fourth-order valence-electron chi connectivity index (χ4n) is 1.91. The monoisotopic (exact) mass is 466 g/mol. The fraction of sp³-hybridized carbons (Fsp3) is 0.308. The van der Waals surface area contributed by atoms with Gasteiger partial charge in [-0.1, -0.05) is 15.9 Å². The summed E-state index contributed by atoms with van der Waals surface area (Å²) in [5.74, 6) is 0. The predicted molar refractivity (Wildman–Crippen MR) is 93.2 cm³/mol. The first kappa shape index (κ1) is 15.5. The van der Waals surface area contributed by atoms with Crippen LogP contribution in [0.1, 0.15) is 28.5 Å². The topological polar surface area (TPSA) is 24.9 Å². The third-order valence-electron chi connectivity index (χ3n) is 2.70. The van der Waals surface area contributed by atoms with Crippen LogP contribution in [-0.2, 0) is 0 Å². The molecule has 1 N–H and O–H groups in total. The number of hydrogen-bond acceptors (Lipinski definition) is 3. The van der Waals surface area contributed by atoms with Crippen LogP contribution in [0.2, 0.25) is 0 Å². The summed E-state index contributed by atoms with van der Waals surface area (Å²) in [4.78, 5) is 5.76. The molecule has 1 aromatic carbocycles. The van der Waals surface area contributed by atoms with Crippen LogP contribution in [0.4, 0.5) is 5.69 Å². The van der Waals surface area contributed by atoms with Gasteiger partial charge in [-0.3, -0.25) is 0 Å². The van der Waals surface area contributed by atoms with Gasteiger partial charge in [0, 0.05) is 18.3 Å². The van der Waals surface area contributed by atoms with Crippen molar-refractivity contribution in [3.8, 4) is 0 Å². The second kappa shape index (κ2) is 6.24. The van der Waals surface area contributed by atoms with E-state index in [-0.39, 0.29) is 6.04 Å². The first-order valence-electron chi connectivity index (χ1n) is 5.73. The van der Waals surface area contributed by atoms with Gasteiger partial charge in [-0.05, 0) is 64.8 Å². The molecular weight excluding hydrogens is 456 g/mol. The molecule has 1 aromatic heterocycles. The maximum atomic E-state index is 4.48. The minimum atomic E-state index is 0.222. The minimum Gasteiger partial charge on any atom is -0.376 e. The summed E-state index contributed by atoms with van der Waals surface area (Å²) in [5.41, 5.74) is 2.16. The summed E-state index contributed by atoms with van der Waals surface area (Å²) in [5, 5.41) is 4.64. The van der Waals surface area contributed by atoms with E-state index in [1.54, 1.807) is 11.3 Å². The third kappa shape index (κ3) is 3.60. The first-order chi connectivity index (χ1) is 8.88. The maximum absolute atomic E-state index is 4.48. The molecule has 0 aliphatic heterocycles. The average Bonchev–Trinajstić information content (AvgIpc) is 2.62. The molecule has 0 bridgehead atoms. The molecule has 2 rings (SSSR count).